The summed E-state index contributed by atoms with van der Waals surface area (Å²) in [5.41, 5.74) is 7.32. The molecule has 5 nitrogen and oxygen atoms in total. The first-order valence-electron chi connectivity index (χ1n) is 5.69. The van der Waals surface area contributed by atoms with E-state index in [0.717, 1.165) is 11.4 Å². The van der Waals surface area contributed by atoms with Gasteiger partial charge in [0.25, 0.3) is 5.91 Å². The molecule has 0 fully saturated rings. The molecule has 0 radical (unpaired) electrons. The minimum Gasteiger partial charge on any atom is -0.384 e. The number of carbonyl (C=O) groups excluding carboxylic acids is 1. The van der Waals surface area contributed by atoms with Gasteiger partial charge in [0.2, 0.25) is 0 Å². The molecule has 2 rings (SSSR count). The van der Waals surface area contributed by atoms with Gasteiger partial charge in [0.1, 0.15) is 11.5 Å². The summed E-state index contributed by atoms with van der Waals surface area (Å²) < 4.78 is 0. The van der Waals surface area contributed by atoms with E-state index < -0.39 is 0 Å². The lowest BCUT2D eigenvalue weighted by Crippen LogP contribution is -2.25. The number of hydrogen-bond acceptors (Lipinski definition) is 4. The molecule has 3 N–H and O–H groups in total. The Kier molecular flexibility index (Phi) is 3.97. The minimum absolute atomic E-state index is 0.120. The van der Waals surface area contributed by atoms with Gasteiger partial charge >= 0.3 is 0 Å². The Balaban J connectivity index is 2.07. The van der Waals surface area contributed by atoms with Crippen molar-refractivity contribution >= 4 is 23.3 Å². The number of rotatable bonds is 3. The molecule has 2 aromatic heterocycles. The summed E-state index contributed by atoms with van der Waals surface area (Å²) in [6.07, 6.45) is 0. The highest BCUT2D eigenvalue weighted by Gasteiger charge is 2.12. The van der Waals surface area contributed by atoms with E-state index in [1.54, 1.807) is 12.1 Å². The number of nitrogens with two attached hydrogens (primary N) is 1. The van der Waals surface area contributed by atoms with Crippen LogP contribution in [0.15, 0.2) is 30.3 Å². The Morgan fingerprint density at radius 2 is 2.11 bits per heavy atom. The van der Waals surface area contributed by atoms with E-state index in [2.05, 4.69) is 15.3 Å². The van der Waals surface area contributed by atoms with Gasteiger partial charge in [-0.25, -0.2) is 4.98 Å². The molecule has 0 spiro atoms. The number of aryl methyl sites for hydroxylation is 1. The lowest BCUT2D eigenvalue weighted by molar-refractivity contribution is 0.0945. The molecule has 0 atom stereocenters. The summed E-state index contributed by atoms with van der Waals surface area (Å²) in [6.45, 7) is 2.20. The van der Waals surface area contributed by atoms with Crippen LogP contribution in [0.3, 0.4) is 0 Å². The quantitative estimate of drug-likeness (QED) is 0.898. The van der Waals surface area contributed by atoms with Crippen molar-refractivity contribution in [3.8, 4) is 0 Å². The molecule has 6 heteroatoms. The Bertz CT molecular complexity index is 615. The third-order valence-corrected chi connectivity index (χ3v) is 2.76. The molecule has 2 heterocycles. The Hall–Kier alpha value is -2.14. The highest BCUT2D eigenvalue weighted by Crippen LogP contribution is 2.15. The second-order valence-corrected chi connectivity index (χ2v) is 4.43. The average Bonchev–Trinajstić information content (AvgIpc) is 2.39. The van der Waals surface area contributed by atoms with Gasteiger partial charge in [-0.1, -0.05) is 17.7 Å². The third-order valence-electron chi connectivity index (χ3n) is 2.46. The molecular weight excluding hydrogens is 264 g/mol. The Morgan fingerprint density at radius 3 is 2.84 bits per heavy atom. The van der Waals surface area contributed by atoms with E-state index in [9.17, 15) is 4.79 Å². The molecule has 0 saturated carbocycles. The van der Waals surface area contributed by atoms with Gasteiger partial charge in [-0.15, -0.1) is 0 Å². The van der Waals surface area contributed by atoms with Crippen LogP contribution in [0.1, 0.15) is 21.9 Å². The van der Waals surface area contributed by atoms with Crippen molar-refractivity contribution < 1.29 is 4.79 Å². The number of aromatic nitrogens is 2. The first-order valence-corrected chi connectivity index (χ1v) is 6.07. The van der Waals surface area contributed by atoms with E-state index in [1.807, 2.05) is 25.1 Å². The predicted octanol–water partition coefficient (Wildman–Crippen LogP) is 1.95. The van der Waals surface area contributed by atoms with Gasteiger partial charge in [0.15, 0.2) is 0 Å². The van der Waals surface area contributed by atoms with Crippen LogP contribution in [0.4, 0.5) is 5.82 Å². The van der Waals surface area contributed by atoms with Crippen LogP contribution in [0.2, 0.25) is 5.02 Å². The number of carbonyl (C=O) groups is 1. The molecule has 2 aromatic rings. The zero-order valence-corrected chi connectivity index (χ0v) is 11.1. The van der Waals surface area contributed by atoms with E-state index >= 15 is 0 Å². The van der Waals surface area contributed by atoms with Gasteiger partial charge < -0.3 is 11.1 Å². The zero-order valence-electron chi connectivity index (χ0n) is 10.4. The molecule has 0 saturated heterocycles. The fourth-order valence-electron chi connectivity index (χ4n) is 1.57. The largest absolute Gasteiger partial charge is 0.384 e. The first kappa shape index (κ1) is 13.3. The second kappa shape index (κ2) is 5.67. The summed E-state index contributed by atoms with van der Waals surface area (Å²) in [6, 6.07) is 8.70. The van der Waals surface area contributed by atoms with Gasteiger partial charge in [0, 0.05) is 5.69 Å². The molecule has 0 aromatic carbocycles. The van der Waals surface area contributed by atoms with Crippen molar-refractivity contribution in [1.82, 2.24) is 15.3 Å². The summed E-state index contributed by atoms with van der Waals surface area (Å²) in [5, 5.41) is 2.97. The van der Waals surface area contributed by atoms with Gasteiger partial charge in [-0.2, -0.15) is 0 Å². The van der Waals surface area contributed by atoms with Crippen molar-refractivity contribution in [2.45, 2.75) is 13.5 Å². The number of anilines is 1. The maximum absolute atomic E-state index is 11.9. The number of pyridine rings is 2. The molecule has 0 unspecified atom stereocenters. The smallest absolute Gasteiger partial charge is 0.271 e. The number of nitrogens with zero attached hydrogens (tertiary/aromatic N) is 2. The minimum atomic E-state index is -0.374. The summed E-state index contributed by atoms with van der Waals surface area (Å²) in [5.74, 6) is -0.121. The number of nitrogens with one attached hydrogen (secondary N) is 1. The number of nitrogen functional groups attached to an aromatic ring is 1. The van der Waals surface area contributed by atoms with Crippen molar-refractivity contribution in [2.75, 3.05) is 5.73 Å². The standard InChI is InChI=1S/C13H13ClN4O/c1-8-3-2-4-9(17-8)7-16-13(19)12-10(14)5-6-11(15)18-12/h2-6H,7H2,1H3,(H2,15,18)(H,16,19). The maximum atomic E-state index is 11.9. The van der Waals surface area contributed by atoms with Gasteiger partial charge in [-0.3, -0.25) is 9.78 Å². The second-order valence-electron chi connectivity index (χ2n) is 4.02. The van der Waals surface area contributed by atoms with E-state index in [-0.39, 0.29) is 22.4 Å². The highest BCUT2D eigenvalue weighted by atomic mass is 35.5. The van der Waals surface area contributed by atoms with Gasteiger partial charge in [-0.05, 0) is 31.2 Å². The summed E-state index contributed by atoms with van der Waals surface area (Å²) >= 11 is 5.90. The van der Waals surface area contributed by atoms with E-state index in [4.69, 9.17) is 17.3 Å². The fourth-order valence-corrected chi connectivity index (χ4v) is 1.76. The first-order chi connectivity index (χ1) is 9.06. The molecule has 98 valence electrons. The molecule has 0 aliphatic rings. The van der Waals surface area contributed by atoms with E-state index in [1.165, 1.54) is 0 Å². The van der Waals surface area contributed by atoms with Crippen LogP contribution >= 0.6 is 11.6 Å². The van der Waals surface area contributed by atoms with Crippen LogP contribution in [0.25, 0.3) is 0 Å². The van der Waals surface area contributed by atoms with Crippen molar-refractivity contribution in [1.29, 1.82) is 0 Å². The lowest BCUT2D eigenvalue weighted by Gasteiger charge is -2.06. The van der Waals surface area contributed by atoms with Crippen LogP contribution in [0, 0.1) is 6.92 Å². The summed E-state index contributed by atoms with van der Waals surface area (Å²) in [4.78, 5) is 20.1. The average molecular weight is 277 g/mol. The van der Waals surface area contributed by atoms with Crippen LogP contribution in [-0.4, -0.2) is 15.9 Å². The van der Waals surface area contributed by atoms with Gasteiger partial charge in [0.05, 0.1) is 17.3 Å². The normalized spacial score (nSPS) is 10.2. The van der Waals surface area contributed by atoms with Crippen LogP contribution in [0.5, 0.6) is 0 Å². The van der Waals surface area contributed by atoms with Crippen molar-refractivity contribution in [2.24, 2.45) is 0 Å². The third kappa shape index (κ3) is 3.42. The Morgan fingerprint density at radius 1 is 1.32 bits per heavy atom. The number of hydrogen-bond donors (Lipinski definition) is 2. The highest BCUT2D eigenvalue weighted by molar-refractivity contribution is 6.33. The fraction of sp³-hybridized carbons (Fsp3) is 0.154. The number of halogens is 1. The molecule has 0 aliphatic carbocycles. The molecule has 0 aliphatic heterocycles. The van der Waals surface area contributed by atoms with Crippen LogP contribution < -0.4 is 11.1 Å². The lowest BCUT2D eigenvalue weighted by atomic mass is 10.3. The molecule has 19 heavy (non-hydrogen) atoms. The monoisotopic (exact) mass is 276 g/mol. The van der Waals surface area contributed by atoms with E-state index in [0.29, 0.717) is 6.54 Å². The van der Waals surface area contributed by atoms with Crippen molar-refractivity contribution in [3.05, 3.63) is 52.4 Å². The maximum Gasteiger partial charge on any atom is 0.271 e. The zero-order chi connectivity index (χ0) is 13.8. The Labute approximate surface area is 115 Å². The molecule has 0 bridgehead atoms. The number of amides is 1. The molecular formula is C13H13ClN4O. The van der Waals surface area contributed by atoms with Crippen LogP contribution in [-0.2, 0) is 6.54 Å². The SMILES string of the molecule is Cc1cccc(CNC(=O)c2nc(N)ccc2Cl)n1. The topological polar surface area (TPSA) is 80.9 Å². The molecule has 1 amide bonds. The predicted molar refractivity (Wildman–Crippen MR) is 73.8 cm³/mol. The summed E-state index contributed by atoms with van der Waals surface area (Å²) in [7, 11) is 0. The van der Waals surface area contributed by atoms with Crippen molar-refractivity contribution in [3.63, 3.8) is 0 Å².